The molecule has 3 aromatic heterocycles. The topological polar surface area (TPSA) is 59.2 Å². The molecule has 4 aromatic rings. The van der Waals surface area contributed by atoms with Crippen LogP contribution in [0.2, 0.25) is 0 Å². The van der Waals surface area contributed by atoms with Gasteiger partial charge in [0.2, 0.25) is 0 Å². The third kappa shape index (κ3) is 3.22. The molecule has 0 radical (unpaired) electrons. The van der Waals surface area contributed by atoms with Gasteiger partial charge in [-0.3, -0.25) is 9.38 Å². The van der Waals surface area contributed by atoms with E-state index in [1.165, 1.54) is 0 Å². The minimum Gasteiger partial charge on any atom is -0.324 e. The number of benzene rings is 1. The predicted molar refractivity (Wildman–Crippen MR) is 121 cm³/mol. The van der Waals surface area contributed by atoms with E-state index in [2.05, 4.69) is 38.9 Å². The average Bonchev–Trinajstić information content (AvgIpc) is 3.50. The standard InChI is InChI=1S/C25H22F2N6/c1-15-30-31-24-29-23(21-19(33(15)24)7-6-18(26)22(21)27)32-12-4-3-5-17-16(13-28-14-20(17)32)8-9-25(2)10-11-25/h6-7,13-14H,3-5,10-12H2,1-2H3. The zero-order chi connectivity index (χ0) is 22.7. The van der Waals surface area contributed by atoms with Crippen molar-refractivity contribution >= 4 is 28.2 Å². The number of pyridine rings is 1. The van der Waals surface area contributed by atoms with Crippen LogP contribution in [0, 0.1) is 35.8 Å². The molecular weight excluding hydrogens is 422 g/mol. The van der Waals surface area contributed by atoms with E-state index < -0.39 is 11.6 Å². The van der Waals surface area contributed by atoms with Crippen molar-refractivity contribution in [1.29, 1.82) is 0 Å². The van der Waals surface area contributed by atoms with Gasteiger partial charge < -0.3 is 4.90 Å². The number of anilines is 2. The van der Waals surface area contributed by atoms with Gasteiger partial charge >= 0.3 is 0 Å². The molecule has 2 aliphatic rings. The van der Waals surface area contributed by atoms with Crippen molar-refractivity contribution in [3.63, 3.8) is 0 Å². The molecule has 33 heavy (non-hydrogen) atoms. The molecule has 1 fully saturated rings. The van der Waals surface area contributed by atoms with E-state index in [0.717, 1.165) is 55.0 Å². The monoisotopic (exact) mass is 444 g/mol. The maximum atomic E-state index is 15.3. The third-order valence-electron chi connectivity index (χ3n) is 6.69. The van der Waals surface area contributed by atoms with E-state index in [1.807, 2.05) is 4.90 Å². The maximum absolute atomic E-state index is 15.3. The Balaban J connectivity index is 1.61. The van der Waals surface area contributed by atoms with E-state index in [1.54, 1.807) is 29.8 Å². The normalized spacial score (nSPS) is 16.9. The molecule has 1 aliphatic heterocycles. The molecule has 1 aromatic carbocycles. The largest absolute Gasteiger partial charge is 0.324 e. The number of halogens is 2. The molecule has 0 N–H and O–H groups in total. The van der Waals surface area contributed by atoms with E-state index in [9.17, 15) is 4.39 Å². The number of fused-ring (bicyclic) bond motifs is 4. The van der Waals surface area contributed by atoms with Crippen molar-refractivity contribution in [2.45, 2.75) is 46.0 Å². The Bertz CT molecular complexity index is 1490. The summed E-state index contributed by atoms with van der Waals surface area (Å²) >= 11 is 0. The maximum Gasteiger partial charge on any atom is 0.257 e. The molecule has 0 bridgehead atoms. The van der Waals surface area contributed by atoms with Gasteiger partial charge in [0.15, 0.2) is 11.6 Å². The Hall–Kier alpha value is -3.60. The van der Waals surface area contributed by atoms with Crippen LogP contribution >= 0.6 is 0 Å². The molecule has 6 nitrogen and oxygen atoms in total. The SMILES string of the molecule is Cc1nnc2nc(N3CCCCc4c(C#CC5(C)CC5)cncc43)c3c(F)c(F)ccc3n12. The first-order valence-electron chi connectivity index (χ1n) is 11.2. The van der Waals surface area contributed by atoms with Gasteiger partial charge in [0.05, 0.1) is 22.8 Å². The molecule has 1 aliphatic carbocycles. The van der Waals surface area contributed by atoms with Crippen LogP contribution in [0.25, 0.3) is 16.7 Å². The van der Waals surface area contributed by atoms with Crippen LogP contribution in [0.5, 0.6) is 0 Å². The van der Waals surface area contributed by atoms with Crippen molar-refractivity contribution in [1.82, 2.24) is 24.6 Å². The number of aryl methyl sites for hydroxylation is 1. The van der Waals surface area contributed by atoms with E-state index >= 15 is 4.39 Å². The molecule has 1 saturated carbocycles. The average molecular weight is 444 g/mol. The summed E-state index contributed by atoms with van der Waals surface area (Å²) in [5.74, 6) is 6.12. The lowest BCUT2D eigenvalue weighted by atomic mass is 10.0. The first-order chi connectivity index (χ1) is 16.0. The fourth-order valence-electron chi connectivity index (χ4n) is 4.51. The number of hydrogen-bond acceptors (Lipinski definition) is 5. The Morgan fingerprint density at radius 1 is 1.09 bits per heavy atom. The third-order valence-corrected chi connectivity index (χ3v) is 6.69. The molecular formula is C25H22F2N6. The van der Waals surface area contributed by atoms with Gasteiger partial charge in [-0.15, -0.1) is 10.2 Å². The van der Waals surface area contributed by atoms with Gasteiger partial charge in [-0.25, -0.2) is 8.78 Å². The van der Waals surface area contributed by atoms with E-state index in [4.69, 9.17) is 0 Å². The highest BCUT2D eigenvalue weighted by Gasteiger charge is 2.35. The smallest absolute Gasteiger partial charge is 0.257 e. The molecule has 0 unspecified atom stereocenters. The summed E-state index contributed by atoms with van der Waals surface area (Å²) in [4.78, 5) is 11.0. The van der Waals surface area contributed by atoms with Crippen molar-refractivity contribution < 1.29 is 8.78 Å². The Labute approximate surface area is 189 Å². The van der Waals surface area contributed by atoms with E-state index in [-0.39, 0.29) is 10.8 Å². The summed E-state index contributed by atoms with van der Waals surface area (Å²) in [6, 6.07) is 2.68. The summed E-state index contributed by atoms with van der Waals surface area (Å²) < 4.78 is 31.3. The fourth-order valence-corrected chi connectivity index (χ4v) is 4.51. The van der Waals surface area contributed by atoms with Gasteiger partial charge in [-0.2, -0.15) is 4.98 Å². The van der Waals surface area contributed by atoms with E-state index in [0.29, 0.717) is 29.5 Å². The molecule has 0 atom stereocenters. The van der Waals surface area contributed by atoms with Crippen LogP contribution in [0.15, 0.2) is 24.5 Å². The second-order valence-corrected chi connectivity index (χ2v) is 9.18. The zero-order valence-corrected chi connectivity index (χ0v) is 18.5. The second-order valence-electron chi connectivity index (χ2n) is 9.18. The summed E-state index contributed by atoms with van der Waals surface area (Å²) in [5, 5.41) is 8.37. The number of aromatic nitrogens is 5. The van der Waals surface area contributed by atoms with Crippen LogP contribution in [0.4, 0.5) is 20.3 Å². The first kappa shape index (κ1) is 20.0. The quantitative estimate of drug-likeness (QED) is 0.392. The summed E-state index contributed by atoms with van der Waals surface area (Å²) in [7, 11) is 0. The molecule has 166 valence electrons. The van der Waals surface area contributed by atoms with Crippen LogP contribution in [0.3, 0.4) is 0 Å². The summed E-state index contributed by atoms with van der Waals surface area (Å²) in [5.41, 5.74) is 3.37. The molecule has 6 rings (SSSR count). The number of hydrogen-bond donors (Lipinski definition) is 0. The van der Waals surface area contributed by atoms with Crippen molar-refractivity contribution in [3.8, 4) is 11.8 Å². The number of nitrogens with zero attached hydrogens (tertiary/aromatic N) is 6. The predicted octanol–water partition coefficient (Wildman–Crippen LogP) is 4.89. The van der Waals surface area contributed by atoms with Gasteiger partial charge in [0.25, 0.3) is 5.78 Å². The van der Waals surface area contributed by atoms with Crippen LogP contribution in [-0.2, 0) is 6.42 Å². The Morgan fingerprint density at radius 3 is 2.76 bits per heavy atom. The molecule has 8 heteroatoms. The molecule has 0 spiro atoms. The molecule has 0 amide bonds. The van der Waals surface area contributed by atoms with Crippen LogP contribution in [-0.4, -0.2) is 31.1 Å². The fraction of sp³-hybridized carbons (Fsp3) is 0.360. The highest BCUT2D eigenvalue weighted by molar-refractivity contribution is 5.94. The van der Waals surface area contributed by atoms with Crippen LogP contribution in [0.1, 0.15) is 49.6 Å². The number of rotatable bonds is 1. The van der Waals surface area contributed by atoms with Gasteiger partial charge in [0.1, 0.15) is 11.6 Å². The highest BCUT2D eigenvalue weighted by atomic mass is 19.2. The minimum atomic E-state index is -0.929. The van der Waals surface area contributed by atoms with Crippen molar-refractivity contribution in [2.75, 3.05) is 11.4 Å². The summed E-state index contributed by atoms with van der Waals surface area (Å²) in [6.07, 6.45) is 8.49. The lowest BCUT2D eigenvalue weighted by Gasteiger charge is -2.25. The Kier molecular flexibility index (Phi) is 4.37. The Morgan fingerprint density at radius 2 is 1.94 bits per heavy atom. The van der Waals surface area contributed by atoms with Gasteiger partial charge in [-0.05, 0) is 63.6 Å². The van der Waals surface area contributed by atoms with Gasteiger partial charge in [-0.1, -0.05) is 11.8 Å². The minimum absolute atomic E-state index is 0.0993. The van der Waals surface area contributed by atoms with Gasteiger partial charge in [0, 0.05) is 23.7 Å². The molecule has 0 saturated heterocycles. The zero-order valence-electron chi connectivity index (χ0n) is 18.5. The lowest BCUT2D eigenvalue weighted by molar-refractivity contribution is 0.516. The summed E-state index contributed by atoms with van der Waals surface area (Å²) in [6.45, 7) is 4.54. The van der Waals surface area contributed by atoms with Crippen molar-refractivity contribution in [2.24, 2.45) is 5.41 Å². The first-order valence-corrected chi connectivity index (χ1v) is 11.2. The highest BCUT2D eigenvalue weighted by Crippen LogP contribution is 2.44. The second kappa shape index (κ2) is 7.20. The van der Waals surface area contributed by atoms with Crippen molar-refractivity contribution in [3.05, 3.63) is 53.1 Å². The molecule has 4 heterocycles. The lowest BCUT2D eigenvalue weighted by Crippen LogP contribution is -2.21. The van der Waals surface area contributed by atoms with Crippen LogP contribution < -0.4 is 4.90 Å².